The monoisotopic (exact) mass is 260 g/mol. The van der Waals surface area contributed by atoms with Gasteiger partial charge >= 0.3 is 0 Å². The molecule has 104 valence electrons. The highest BCUT2D eigenvalue weighted by atomic mass is 15.3. The van der Waals surface area contributed by atoms with Gasteiger partial charge in [0, 0.05) is 19.1 Å². The molecule has 1 N–H and O–H groups in total. The Balaban J connectivity index is 1.72. The van der Waals surface area contributed by atoms with Crippen LogP contribution in [-0.4, -0.2) is 29.8 Å². The fourth-order valence-corrected chi connectivity index (χ4v) is 3.69. The first kappa shape index (κ1) is 12.9. The Labute approximate surface area is 115 Å². The summed E-state index contributed by atoms with van der Waals surface area (Å²) in [7, 11) is 1.94. The molecule has 1 aromatic rings. The average molecular weight is 260 g/mol. The molecule has 0 radical (unpaired) electrons. The van der Waals surface area contributed by atoms with Crippen LogP contribution in [0.2, 0.25) is 0 Å². The highest BCUT2D eigenvalue weighted by Gasteiger charge is 2.33. The molecule has 4 heteroatoms. The normalized spacial score (nSPS) is 24.3. The molecule has 1 saturated carbocycles. The average Bonchev–Trinajstić information content (AvgIpc) is 3.11. The summed E-state index contributed by atoms with van der Waals surface area (Å²) < 4.78 is 0. The topological polar surface area (TPSA) is 41.0 Å². The van der Waals surface area contributed by atoms with Gasteiger partial charge in [-0.05, 0) is 50.8 Å². The minimum atomic E-state index is 0.715. The van der Waals surface area contributed by atoms with Crippen molar-refractivity contribution in [2.24, 2.45) is 5.92 Å². The number of aromatic nitrogens is 2. The molecule has 2 fully saturated rings. The van der Waals surface area contributed by atoms with Crippen molar-refractivity contribution in [1.82, 2.24) is 15.5 Å². The first-order chi connectivity index (χ1) is 9.38. The molecule has 3 rings (SSSR count). The quantitative estimate of drug-likeness (QED) is 0.902. The standard InChI is InChI=1S/C15H24N4/c1-16-11-13-8-9-15(18-17-13)19-10-4-7-14(19)12-5-2-3-6-12/h8-9,12,14,16H,2-7,10-11H2,1H3. The zero-order valence-corrected chi connectivity index (χ0v) is 11.8. The third-order valence-corrected chi connectivity index (χ3v) is 4.60. The maximum absolute atomic E-state index is 4.44. The summed E-state index contributed by atoms with van der Waals surface area (Å²) in [5.74, 6) is 1.97. The summed E-state index contributed by atoms with van der Waals surface area (Å²) in [6.07, 6.45) is 8.30. The molecule has 1 aromatic heterocycles. The Hall–Kier alpha value is -1.16. The zero-order chi connectivity index (χ0) is 13.1. The van der Waals surface area contributed by atoms with Crippen LogP contribution < -0.4 is 10.2 Å². The van der Waals surface area contributed by atoms with Crippen LogP contribution in [0.5, 0.6) is 0 Å². The van der Waals surface area contributed by atoms with Crippen molar-refractivity contribution in [3.05, 3.63) is 17.8 Å². The van der Waals surface area contributed by atoms with Crippen molar-refractivity contribution in [3.8, 4) is 0 Å². The Bertz CT molecular complexity index is 397. The first-order valence-electron chi connectivity index (χ1n) is 7.62. The number of nitrogens with zero attached hydrogens (tertiary/aromatic N) is 3. The van der Waals surface area contributed by atoms with Gasteiger partial charge in [-0.1, -0.05) is 12.8 Å². The van der Waals surface area contributed by atoms with Crippen LogP contribution in [0.3, 0.4) is 0 Å². The second-order valence-electron chi connectivity index (χ2n) is 5.86. The number of hydrogen-bond acceptors (Lipinski definition) is 4. The Morgan fingerprint density at radius 1 is 1.16 bits per heavy atom. The van der Waals surface area contributed by atoms with Crippen LogP contribution in [0.4, 0.5) is 5.82 Å². The molecule has 19 heavy (non-hydrogen) atoms. The van der Waals surface area contributed by atoms with E-state index in [0.29, 0.717) is 6.04 Å². The van der Waals surface area contributed by atoms with Crippen LogP contribution >= 0.6 is 0 Å². The Morgan fingerprint density at radius 2 is 2.00 bits per heavy atom. The van der Waals surface area contributed by atoms with E-state index < -0.39 is 0 Å². The van der Waals surface area contributed by atoms with E-state index in [1.54, 1.807) is 0 Å². The molecule has 1 aliphatic heterocycles. The molecular formula is C15H24N4. The van der Waals surface area contributed by atoms with E-state index in [1.807, 2.05) is 7.05 Å². The lowest BCUT2D eigenvalue weighted by molar-refractivity contribution is 0.428. The van der Waals surface area contributed by atoms with E-state index in [1.165, 1.54) is 38.5 Å². The number of nitrogens with one attached hydrogen (secondary N) is 1. The number of anilines is 1. The highest BCUT2D eigenvalue weighted by Crippen LogP contribution is 2.36. The van der Waals surface area contributed by atoms with Crippen molar-refractivity contribution < 1.29 is 0 Å². The maximum Gasteiger partial charge on any atom is 0.151 e. The molecule has 0 bridgehead atoms. The molecule has 1 unspecified atom stereocenters. The molecular weight excluding hydrogens is 236 g/mol. The van der Waals surface area contributed by atoms with Gasteiger partial charge in [0.1, 0.15) is 0 Å². The minimum Gasteiger partial charge on any atom is -0.352 e. The van der Waals surface area contributed by atoms with E-state index in [4.69, 9.17) is 0 Å². The lowest BCUT2D eigenvalue weighted by Crippen LogP contribution is -2.35. The fourth-order valence-electron chi connectivity index (χ4n) is 3.69. The van der Waals surface area contributed by atoms with Gasteiger partial charge in [-0.3, -0.25) is 0 Å². The minimum absolute atomic E-state index is 0.715. The first-order valence-corrected chi connectivity index (χ1v) is 7.62. The lowest BCUT2D eigenvalue weighted by Gasteiger charge is -2.30. The van der Waals surface area contributed by atoms with E-state index in [-0.39, 0.29) is 0 Å². The van der Waals surface area contributed by atoms with Crippen molar-refractivity contribution >= 4 is 5.82 Å². The molecule has 1 aliphatic carbocycles. The second kappa shape index (κ2) is 5.87. The van der Waals surface area contributed by atoms with Crippen LogP contribution in [-0.2, 0) is 6.54 Å². The summed E-state index contributed by atoms with van der Waals surface area (Å²) >= 11 is 0. The molecule has 2 aliphatic rings. The predicted molar refractivity (Wildman–Crippen MR) is 77.1 cm³/mol. The van der Waals surface area contributed by atoms with Gasteiger partial charge in [0.2, 0.25) is 0 Å². The van der Waals surface area contributed by atoms with Crippen LogP contribution in [0, 0.1) is 5.92 Å². The summed E-state index contributed by atoms with van der Waals surface area (Å²) in [5, 5.41) is 11.9. The lowest BCUT2D eigenvalue weighted by atomic mass is 9.96. The second-order valence-corrected chi connectivity index (χ2v) is 5.86. The van der Waals surface area contributed by atoms with Gasteiger partial charge in [0.15, 0.2) is 5.82 Å². The number of hydrogen-bond donors (Lipinski definition) is 1. The van der Waals surface area contributed by atoms with Crippen molar-refractivity contribution in [1.29, 1.82) is 0 Å². The van der Waals surface area contributed by atoms with Gasteiger partial charge in [-0.2, -0.15) is 5.10 Å². The third-order valence-electron chi connectivity index (χ3n) is 4.60. The number of rotatable bonds is 4. The maximum atomic E-state index is 4.44. The Morgan fingerprint density at radius 3 is 2.68 bits per heavy atom. The summed E-state index contributed by atoms with van der Waals surface area (Å²) in [5.41, 5.74) is 1.02. The van der Waals surface area contributed by atoms with Crippen LogP contribution in [0.25, 0.3) is 0 Å². The van der Waals surface area contributed by atoms with E-state index >= 15 is 0 Å². The summed E-state index contributed by atoms with van der Waals surface area (Å²) in [4.78, 5) is 2.51. The van der Waals surface area contributed by atoms with E-state index in [2.05, 4.69) is 32.5 Å². The molecule has 1 atom stereocenters. The molecule has 0 spiro atoms. The zero-order valence-electron chi connectivity index (χ0n) is 11.8. The van der Waals surface area contributed by atoms with Gasteiger partial charge in [0.05, 0.1) is 5.69 Å². The summed E-state index contributed by atoms with van der Waals surface area (Å²) in [6.45, 7) is 1.94. The predicted octanol–water partition coefficient (Wildman–Crippen LogP) is 2.36. The van der Waals surface area contributed by atoms with Gasteiger partial charge in [0.25, 0.3) is 0 Å². The smallest absolute Gasteiger partial charge is 0.151 e. The molecule has 0 aromatic carbocycles. The van der Waals surface area contributed by atoms with Crippen LogP contribution in [0.15, 0.2) is 12.1 Å². The van der Waals surface area contributed by atoms with Crippen LogP contribution in [0.1, 0.15) is 44.2 Å². The molecule has 2 heterocycles. The summed E-state index contributed by atoms with van der Waals surface area (Å²) in [6, 6.07) is 4.96. The molecule has 1 saturated heterocycles. The third kappa shape index (κ3) is 2.73. The fraction of sp³-hybridized carbons (Fsp3) is 0.733. The molecule has 4 nitrogen and oxygen atoms in total. The van der Waals surface area contributed by atoms with Crippen molar-refractivity contribution in [2.45, 2.75) is 51.1 Å². The SMILES string of the molecule is CNCc1ccc(N2CCCC2C2CCCC2)nn1. The largest absolute Gasteiger partial charge is 0.352 e. The van der Waals surface area contributed by atoms with Crippen molar-refractivity contribution in [2.75, 3.05) is 18.5 Å². The van der Waals surface area contributed by atoms with Gasteiger partial charge < -0.3 is 10.2 Å². The Kier molecular flexibility index (Phi) is 3.97. The van der Waals surface area contributed by atoms with Gasteiger partial charge in [-0.25, -0.2) is 0 Å². The van der Waals surface area contributed by atoms with E-state index in [9.17, 15) is 0 Å². The van der Waals surface area contributed by atoms with Crippen molar-refractivity contribution in [3.63, 3.8) is 0 Å². The van der Waals surface area contributed by atoms with Gasteiger partial charge in [-0.15, -0.1) is 5.10 Å². The van der Waals surface area contributed by atoms with E-state index in [0.717, 1.165) is 30.5 Å². The molecule has 0 amide bonds. The highest BCUT2D eigenvalue weighted by molar-refractivity contribution is 5.40.